The Balaban J connectivity index is 2.54. The minimum Gasteiger partial charge on any atom is -0.100 e. The van der Waals surface area contributed by atoms with E-state index in [2.05, 4.69) is 32.2 Å². The highest BCUT2D eigenvalue weighted by Crippen LogP contribution is 2.18. The number of allylic oxidation sites excluding steroid dienone is 2. The molecule has 0 nitrogen and oxygen atoms in total. The van der Waals surface area contributed by atoms with Gasteiger partial charge in [-0.2, -0.15) is 0 Å². The molecule has 1 aromatic rings. The van der Waals surface area contributed by atoms with Crippen molar-refractivity contribution >= 4 is 5.57 Å². The van der Waals surface area contributed by atoms with E-state index in [0.717, 1.165) is 12.8 Å². The quantitative estimate of drug-likeness (QED) is 0.601. The number of rotatable bonds is 4. The molecule has 0 atom stereocenters. The molecule has 0 bridgehead atoms. The Kier molecular flexibility index (Phi) is 3.51. The van der Waals surface area contributed by atoms with E-state index in [-0.39, 0.29) is 0 Å². The standard InChI is InChI=1S/C13H16/c1-11(2)9-10-12(3)13-7-5-4-6-8-13/h4-8H,1,3,9-10H2,2H3. The predicted octanol–water partition coefficient (Wildman–Crippen LogP) is 4.06. The Morgan fingerprint density at radius 2 is 1.69 bits per heavy atom. The SMILES string of the molecule is C=C(C)CCC(=C)c1ccccc1. The van der Waals surface area contributed by atoms with E-state index in [1.165, 1.54) is 16.7 Å². The van der Waals surface area contributed by atoms with Crippen molar-refractivity contribution in [3.05, 3.63) is 54.6 Å². The average molecular weight is 172 g/mol. The molecule has 0 N–H and O–H groups in total. The van der Waals surface area contributed by atoms with Crippen LogP contribution in [0, 0.1) is 0 Å². The molecule has 0 saturated heterocycles. The summed E-state index contributed by atoms with van der Waals surface area (Å²) in [6.07, 6.45) is 2.05. The van der Waals surface area contributed by atoms with E-state index in [4.69, 9.17) is 0 Å². The van der Waals surface area contributed by atoms with E-state index in [9.17, 15) is 0 Å². The van der Waals surface area contributed by atoms with Crippen LogP contribution < -0.4 is 0 Å². The van der Waals surface area contributed by atoms with Crippen molar-refractivity contribution in [3.8, 4) is 0 Å². The fraction of sp³-hybridized carbons (Fsp3) is 0.231. The van der Waals surface area contributed by atoms with Crippen molar-refractivity contribution in [2.75, 3.05) is 0 Å². The lowest BCUT2D eigenvalue weighted by Crippen LogP contribution is -1.83. The summed E-state index contributed by atoms with van der Waals surface area (Å²) in [5.41, 5.74) is 3.66. The zero-order valence-electron chi connectivity index (χ0n) is 8.22. The maximum atomic E-state index is 4.06. The van der Waals surface area contributed by atoms with Crippen LogP contribution in [0.1, 0.15) is 25.3 Å². The van der Waals surface area contributed by atoms with Crippen molar-refractivity contribution in [1.82, 2.24) is 0 Å². The first-order valence-electron chi connectivity index (χ1n) is 4.57. The number of benzene rings is 1. The molecule has 0 aliphatic rings. The molecule has 0 heterocycles. The van der Waals surface area contributed by atoms with Crippen LogP contribution in [-0.4, -0.2) is 0 Å². The van der Waals surface area contributed by atoms with E-state index >= 15 is 0 Å². The molecule has 1 aromatic carbocycles. The topological polar surface area (TPSA) is 0 Å². The summed E-state index contributed by atoms with van der Waals surface area (Å²) in [6.45, 7) is 9.99. The van der Waals surface area contributed by atoms with Crippen LogP contribution >= 0.6 is 0 Å². The summed E-state index contributed by atoms with van der Waals surface area (Å²) in [5, 5.41) is 0. The third-order valence-corrected chi connectivity index (χ3v) is 2.04. The van der Waals surface area contributed by atoms with E-state index in [0.29, 0.717) is 0 Å². The summed E-state index contributed by atoms with van der Waals surface area (Å²) in [5.74, 6) is 0. The molecule has 0 aromatic heterocycles. The smallest absolute Gasteiger partial charge is 0.0230 e. The highest BCUT2D eigenvalue weighted by molar-refractivity contribution is 5.63. The molecule has 0 saturated carbocycles. The van der Waals surface area contributed by atoms with Gasteiger partial charge in [-0.3, -0.25) is 0 Å². The van der Waals surface area contributed by atoms with Crippen molar-refractivity contribution in [2.24, 2.45) is 0 Å². The van der Waals surface area contributed by atoms with E-state index < -0.39 is 0 Å². The molecular weight excluding hydrogens is 156 g/mol. The van der Waals surface area contributed by atoms with Gasteiger partial charge in [0.25, 0.3) is 0 Å². The molecule has 0 spiro atoms. The largest absolute Gasteiger partial charge is 0.100 e. The van der Waals surface area contributed by atoms with Gasteiger partial charge in [0, 0.05) is 0 Å². The maximum Gasteiger partial charge on any atom is -0.0230 e. The fourth-order valence-electron chi connectivity index (χ4n) is 1.18. The minimum atomic E-state index is 1.01. The van der Waals surface area contributed by atoms with Gasteiger partial charge in [-0.25, -0.2) is 0 Å². The second kappa shape index (κ2) is 4.66. The Bertz CT molecular complexity index is 293. The van der Waals surface area contributed by atoms with Crippen molar-refractivity contribution in [3.63, 3.8) is 0 Å². The monoisotopic (exact) mass is 172 g/mol. The van der Waals surface area contributed by atoms with Crippen LogP contribution in [0.15, 0.2) is 49.1 Å². The van der Waals surface area contributed by atoms with Crippen molar-refractivity contribution < 1.29 is 0 Å². The first kappa shape index (κ1) is 9.79. The molecule has 0 amide bonds. The molecule has 0 unspecified atom stereocenters. The summed E-state index contributed by atoms with van der Waals surface area (Å²) >= 11 is 0. The summed E-state index contributed by atoms with van der Waals surface area (Å²) in [6, 6.07) is 10.3. The van der Waals surface area contributed by atoms with Gasteiger partial charge in [0.2, 0.25) is 0 Å². The average Bonchev–Trinajstić information content (AvgIpc) is 2.15. The second-order valence-electron chi connectivity index (χ2n) is 3.43. The summed E-state index contributed by atoms with van der Waals surface area (Å²) in [7, 11) is 0. The van der Waals surface area contributed by atoms with Gasteiger partial charge >= 0.3 is 0 Å². The zero-order chi connectivity index (χ0) is 9.68. The van der Waals surface area contributed by atoms with Gasteiger partial charge in [-0.1, -0.05) is 42.5 Å². The maximum absolute atomic E-state index is 4.06. The van der Waals surface area contributed by atoms with Gasteiger partial charge in [0.05, 0.1) is 0 Å². The Hall–Kier alpha value is -1.30. The Morgan fingerprint density at radius 1 is 1.08 bits per heavy atom. The third-order valence-electron chi connectivity index (χ3n) is 2.04. The molecule has 0 radical (unpaired) electrons. The second-order valence-corrected chi connectivity index (χ2v) is 3.43. The first-order chi connectivity index (χ1) is 6.20. The fourth-order valence-corrected chi connectivity index (χ4v) is 1.18. The van der Waals surface area contributed by atoms with Crippen LogP contribution in [0.2, 0.25) is 0 Å². The number of hydrogen-bond acceptors (Lipinski definition) is 0. The Morgan fingerprint density at radius 3 is 2.23 bits per heavy atom. The summed E-state index contributed by atoms with van der Waals surface area (Å²) < 4.78 is 0. The van der Waals surface area contributed by atoms with Crippen LogP contribution in [0.25, 0.3) is 5.57 Å². The van der Waals surface area contributed by atoms with Gasteiger partial charge in [-0.05, 0) is 30.9 Å². The van der Waals surface area contributed by atoms with Crippen LogP contribution in [-0.2, 0) is 0 Å². The summed E-state index contributed by atoms with van der Waals surface area (Å²) in [4.78, 5) is 0. The number of hydrogen-bond donors (Lipinski definition) is 0. The van der Waals surface area contributed by atoms with Crippen LogP contribution in [0.5, 0.6) is 0 Å². The third kappa shape index (κ3) is 3.29. The highest BCUT2D eigenvalue weighted by Gasteiger charge is 1.97. The molecule has 0 heteroatoms. The van der Waals surface area contributed by atoms with Crippen molar-refractivity contribution in [2.45, 2.75) is 19.8 Å². The first-order valence-corrected chi connectivity index (χ1v) is 4.57. The molecule has 0 fully saturated rings. The Labute approximate surface area is 80.6 Å². The van der Waals surface area contributed by atoms with Crippen LogP contribution in [0.4, 0.5) is 0 Å². The molecule has 1 rings (SSSR count). The molecular formula is C13H16. The molecule has 0 aliphatic heterocycles. The molecule has 68 valence electrons. The highest BCUT2D eigenvalue weighted by atomic mass is 14.0. The predicted molar refractivity (Wildman–Crippen MR) is 59.5 cm³/mol. The lowest BCUT2D eigenvalue weighted by atomic mass is 10.0. The lowest BCUT2D eigenvalue weighted by Gasteiger charge is -2.04. The van der Waals surface area contributed by atoms with E-state index in [1.54, 1.807) is 0 Å². The van der Waals surface area contributed by atoms with Gasteiger partial charge in [-0.15, -0.1) is 6.58 Å². The normalized spacial score (nSPS) is 9.62. The van der Waals surface area contributed by atoms with Gasteiger partial charge in [0.1, 0.15) is 0 Å². The van der Waals surface area contributed by atoms with Crippen LogP contribution in [0.3, 0.4) is 0 Å². The van der Waals surface area contributed by atoms with Crippen molar-refractivity contribution in [1.29, 1.82) is 0 Å². The van der Waals surface area contributed by atoms with E-state index in [1.807, 2.05) is 18.2 Å². The molecule has 0 aliphatic carbocycles. The zero-order valence-corrected chi connectivity index (χ0v) is 8.22. The minimum absolute atomic E-state index is 1.01. The lowest BCUT2D eigenvalue weighted by molar-refractivity contribution is 1.000. The molecule has 13 heavy (non-hydrogen) atoms. The van der Waals surface area contributed by atoms with Gasteiger partial charge < -0.3 is 0 Å². The van der Waals surface area contributed by atoms with Gasteiger partial charge in [0.15, 0.2) is 0 Å².